The first-order chi connectivity index (χ1) is 5.88. The van der Waals surface area contributed by atoms with Gasteiger partial charge >= 0.3 is 0 Å². The molecule has 62 valence electrons. The number of allylic oxidation sites excluding steroid dienone is 1. The van der Waals surface area contributed by atoms with Crippen molar-refractivity contribution in [2.24, 2.45) is 0 Å². The van der Waals surface area contributed by atoms with Crippen LogP contribution in [-0.2, 0) is 4.79 Å². The molecule has 0 aliphatic heterocycles. The maximum Gasteiger partial charge on any atom is 0.127 e. The van der Waals surface area contributed by atoms with E-state index < -0.39 is 0 Å². The molecule has 0 aliphatic rings. The molecular formula is C11H12O. The SMILES string of the molecule is C=CCC(C=O)c1ccccc1. The van der Waals surface area contributed by atoms with Gasteiger partial charge in [0.05, 0.1) is 0 Å². The first-order valence-electron chi connectivity index (χ1n) is 3.99. The summed E-state index contributed by atoms with van der Waals surface area (Å²) >= 11 is 0. The van der Waals surface area contributed by atoms with Crippen LogP contribution in [0.15, 0.2) is 43.0 Å². The lowest BCUT2D eigenvalue weighted by atomic mass is 9.98. The molecule has 0 heterocycles. The fourth-order valence-electron chi connectivity index (χ4n) is 1.15. The molecule has 1 aromatic carbocycles. The van der Waals surface area contributed by atoms with Gasteiger partial charge in [0.25, 0.3) is 0 Å². The number of rotatable bonds is 4. The van der Waals surface area contributed by atoms with E-state index in [0.29, 0.717) is 6.42 Å². The summed E-state index contributed by atoms with van der Waals surface area (Å²) in [4.78, 5) is 10.6. The highest BCUT2D eigenvalue weighted by Gasteiger charge is 2.06. The highest BCUT2D eigenvalue weighted by atomic mass is 16.1. The summed E-state index contributed by atoms with van der Waals surface area (Å²) in [6.07, 6.45) is 3.45. The van der Waals surface area contributed by atoms with E-state index in [9.17, 15) is 4.79 Å². The lowest BCUT2D eigenvalue weighted by molar-refractivity contribution is -0.109. The monoisotopic (exact) mass is 160 g/mol. The molecule has 0 aliphatic carbocycles. The van der Waals surface area contributed by atoms with Crippen LogP contribution in [0.3, 0.4) is 0 Å². The Morgan fingerprint density at radius 3 is 2.50 bits per heavy atom. The Balaban J connectivity index is 2.79. The molecule has 0 bridgehead atoms. The highest BCUT2D eigenvalue weighted by Crippen LogP contribution is 2.16. The molecule has 0 amide bonds. The largest absolute Gasteiger partial charge is 0.303 e. The number of benzene rings is 1. The molecule has 0 saturated carbocycles. The van der Waals surface area contributed by atoms with Crippen molar-refractivity contribution in [1.29, 1.82) is 0 Å². The van der Waals surface area contributed by atoms with Gasteiger partial charge in [-0.05, 0) is 12.0 Å². The second kappa shape index (κ2) is 4.50. The van der Waals surface area contributed by atoms with Gasteiger partial charge in [0.1, 0.15) is 6.29 Å². The van der Waals surface area contributed by atoms with Crippen molar-refractivity contribution in [3.05, 3.63) is 48.6 Å². The van der Waals surface area contributed by atoms with Crippen LogP contribution in [-0.4, -0.2) is 6.29 Å². The summed E-state index contributed by atoms with van der Waals surface area (Å²) in [5, 5.41) is 0. The fraction of sp³-hybridized carbons (Fsp3) is 0.182. The average molecular weight is 160 g/mol. The number of hydrogen-bond donors (Lipinski definition) is 0. The minimum atomic E-state index is -0.0244. The minimum absolute atomic E-state index is 0.0244. The zero-order valence-electron chi connectivity index (χ0n) is 6.94. The van der Waals surface area contributed by atoms with Crippen molar-refractivity contribution in [2.75, 3.05) is 0 Å². The molecule has 0 N–H and O–H groups in total. The zero-order valence-corrected chi connectivity index (χ0v) is 6.94. The molecule has 1 rings (SSSR count). The number of carbonyl (C=O) groups excluding carboxylic acids is 1. The standard InChI is InChI=1S/C11H12O/c1-2-6-11(9-12)10-7-4-3-5-8-10/h2-5,7-9,11H,1,6H2. The van der Waals surface area contributed by atoms with E-state index in [2.05, 4.69) is 6.58 Å². The predicted molar refractivity (Wildman–Crippen MR) is 50.1 cm³/mol. The summed E-state index contributed by atoms with van der Waals surface area (Å²) in [5.41, 5.74) is 1.06. The van der Waals surface area contributed by atoms with Crippen LogP contribution in [0.25, 0.3) is 0 Å². The van der Waals surface area contributed by atoms with Gasteiger partial charge in [-0.15, -0.1) is 6.58 Å². The molecule has 0 aromatic heterocycles. The van der Waals surface area contributed by atoms with Gasteiger partial charge in [-0.25, -0.2) is 0 Å². The second-order valence-electron chi connectivity index (χ2n) is 2.68. The van der Waals surface area contributed by atoms with Crippen LogP contribution in [0.4, 0.5) is 0 Å². The van der Waals surface area contributed by atoms with Crippen LogP contribution in [0.5, 0.6) is 0 Å². The Morgan fingerprint density at radius 2 is 2.00 bits per heavy atom. The quantitative estimate of drug-likeness (QED) is 0.488. The molecule has 1 nitrogen and oxygen atoms in total. The summed E-state index contributed by atoms with van der Waals surface area (Å²) in [7, 11) is 0. The molecule has 0 radical (unpaired) electrons. The number of aldehydes is 1. The highest BCUT2D eigenvalue weighted by molar-refractivity contribution is 5.62. The molecule has 1 heteroatoms. The van der Waals surface area contributed by atoms with Crippen LogP contribution in [0.1, 0.15) is 17.9 Å². The topological polar surface area (TPSA) is 17.1 Å². The molecule has 12 heavy (non-hydrogen) atoms. The Bertz CT molecular complexity index is 251. The van der Waals surface area contributed by atoms with Crippen LogP contribution < -0.4 is 0 Å². The summed E-state index contributed by atoms with van der Waals surface area (Å²) in [5.74, 6) is -0.0244. The molecule has 0 fully saturated rings. The van der Waals surface area contributed by atoms with Crippen molar-refractivity contribution >= 4 is 6.29 Å². The van der Waals surface area contributed by atoms with Gasteiger partial charge in [-0.2, -0.15) is 0 Å². The van der Waals surface area contributed by atoms with Crippen LogP contribution in [0.2, 0.25) is 0 Å². The van der Waals surface area contributed by atoms with Gasteiger partial charge in [-0.3, -0.25) is 0 Å². The third kappa shape index (κ3) is 2.06. The molecule has 0 spiro atoms. The Labute approximate surface area is 72.7 Å². The van der Waals surface area contributed by atoms with Crippen molar-refractivity contribution in [3.63, 3.8) is 0 Å². The normalized spacial score (nSPS) is 12.0. The van der Waals surface area contributed by atoms with E-state index in [4.69, 9.17) is 0 Å². The smallest absolute Gasteiger partial charge is 0.127 e. The van der Waals surface area contributed by atoms with Gasteiger partial charge in [0.2, 0.25) is 0 Å². The van der Waals surface area contributed by atoms with Crippen LogP contribution in [0, 0.1) is 0 Å². The van der Waals surface area contributed by atoms with E-state index in [1.807, 2.05) is 30.3 Å². The summed E-state index contributed by atoms with van der Waals surface area (Å²) < 4.78 is 0. The summed E-state index contributed by atoms with van der Waals surface area (Å²) in [6, 6.07) is 9.74. The lowest BCUT2D eigenvalue weighted by Crippen LogP contribution is -1.97. The maximum absolute atomic E-state index is 10.6. The Kier molecular flexibility index (Phi) is 3.27. The second-order valence-corrected chi connectivity index (χ2v) is 2.68. The summed E-state index contributed by atoms with van der Waals surface area (Å²) in [6.45, 7) is 3.62. The lowest BCUT2D eigenvalue weighted by Gasteiger charge is -2.06. The van der Waals surface area contributed by atoms with Crippen LogP contribution >= 0.6 is 0 Å². The van der Waals surface area contributed by atoms with E-state index in [0.717, 1.165) is 11.8 Å². The fourth-order valence-corrected chi connectivity index (χ4v) is 1.15. The van der Waals surface area contributed by atoms with E-state index in [1.165, 1.54) is 0 Å². The van der Waals surface area contributed by atoms with Crippen molar-refractivity contribution < 1.29 is 4.79 Å². The molecule has 1 atom stereocenters. The van der Waals surface area contributed by atoms with Crippen molar-refractivity contribution in [1.82, 2.24) is 0 Å². The molecule has 0 saturated heterocycles. The van der Waals surface area contributed by atoms with E-state index in [1.54, 1.807) is 6.08 Å². The molecule has 1 unspecified atom stereocenters. The van der Waals surface area contributed by atoms with Gasteiger partial charge in [0, 0.05) is 5.92 Å². The first-order valence-corrected chi connectivity index (χ1v) is 3.99. The van der Waals surface area contributed by atoms with Crippen molar-refractivity contribution in [2.45, 2.75) is 12.3 Å². The van der Waals surface area contributed by atoms with E-state index >= 15 is 0 Å². The Morgan fingerprint density at radius 1 is 1.33 bits per heavy atom. The van der Waals surface area contributed by atoms with Gasteiger partial charge in [0.15, 0.2) is 0 Å². The average Bonchev–Trinajstić information content (AvgIpc) is 2.15. The minimum Gasteiger partial charge on any atom is -0.303 e. The molecule has 1 aromatic rings. The van der Waals surface area contributed by atoms with E-state index in [-0.39, 0.29) is 5.92 Å². The maximum atomic E-state index is 10.6. The van der Waals surface area contributed by atoms with Gasteiger partial charge in [-0.1, -0.05) is 36.4 Å². The third-order valence-corrected chi connectivity index (χ3v) is 1.81. The molecular weight excluding hydrogens is 148 g/mol. The number of carbonyl (C=O) groups is 1. The zero-order chi connectivity index (χ0) is 8.81. The number of hydrogen-bond acceptors (Lipinski definition) is 1. The third-order valence-electron chi connectivity index (χ3n) is 1.81. The Hall–Kier alpha value is -1.37. The van der Waals surface area contributed by atoms with Gasteiger partial charge < -0.3 is 4.79 Å². The van der Waals surface area contributed by atoms with Crippen molar-refractivity contribution in [3.8, 4) is 0 Å². The first kappa shape index (κ1) is 8.72. The predicted octanol–water partition coefficient (Wildman–Crippen LogP) is 2.55.